The molecule has 1 aromatic carbocycles. The van der Waals surface area contributed by atoms with Crippen molar-refractivity contribution in [3.63, 3.8) is 0 Å². The molecule has 5 heteroatoms. The minimum atomic E-state index is -2.08. The molecule has 3 unspecified atom stereocenters. The molecule has 0 aliphatic carbocycles. The maximum atomic E-state index is 13.8. The molecular formula is C17H21FNO3. The predicted molar refractivity (Wildman–Crippen MR) is 80.4 cm³/mol. The Bertz CT molecular complexity index is 530. The van der Waals surface area contributed by atoms with Gasteiger partial charge >= 0.3 is 5.97 Å². The predicted octanol–water partition coefficient (Wildman–Crippen LogP) is 2.36. The maximum absolute atomic E-state index is 13.8. The number of hydrogen-bond acceptors (Lipinski definition) is 3. The summed E-state index contributed by atoms with van der Waals surface area (Å²) in [6, 6.07) is 9.87. The van der Waals surface area contributed by atoms with Crippen LogP contribution in [0.15, 0.2) is 30.3 Å². The van der Waals surface area contributed by atoms with Crippen LogP contribution in [0.4, 0.5) is 4.39 Å². The van der Waals surface area contributed by atoms with E-state index in [-0.39, 0.29) is 30.8 Å². The van der Waals surface area contributed by atoms with Gasteiger partial charge in [0.05, 0.1) is 5.92 Å². The Hall–Kier alpha value is -1.91. The molecule has 0 aromatic heterocycles. The van der Waals surface area contributed by atoms with Crippen LogP contribution in [0.5, 0.6) is 0 Å². The van der Waals surface area contributed by atoms with Crippen molar-refractivity contribution in [3.8, 4) is 0 Å². The van der Waals surface area contributed by atoms with Crippen molar-refractivity contribution in [2.24, 2.45) is 11.7 Å². The van der Waals surface area contributed by atoms with E-state index < -0.39 is 11.6 Å². The van der Waals surface area contributed by atoms with Crippen LogP contribution in [0, 0.1) is 12.3 Å². The normalized spacial score (nSPS) is 23.8. The van der Waals surface area contributed by atoms with Crippen LogP contribution in [0.1, 0.15) is 31.7 Å². The second-order valence-electron chi connectivity index (χ2n) is 5.93. The first-order valence-electron chi connectivity index (χ1n) is 7.45. The summed E-state index contributed by atoms with van der Waals surface area (Å²) in [5.41, 5.74) is 4.06. The topological polar surface area (TPSA) is 69.4 Å². The molecule has 3 atom stereocenters. The Labute approximate surface area is 129 Å². The lowest BCUT2D eigenvalue weighted by Crippen LogP contribution is -2.37. The number of halogens is 1. The Kier molecular flexibility index (Phi) is 5.16. The van der Waals surface area contributed by atoms with Gasteiger partial charge in [0.2, 0.25) is 0 Å². The molecule has 1 aliphatic heterocycles. The quantitative estimate of drug-likeness (QED) is 0.786. The van der Waals surface area contributed by atoms with E-state index in [0.717, 1.165) is 12.5 Å². The number of carbonyl (C=O) groups excluding carboxylic acids is 2. The Morgan fingerprint density at radius 1 is 1.45 bits per heavy atom. The molecule has 1 amide bonds. The first kappa shape index (κ1) is 16.5. The fourth-order valence-corrected chi connectivity index (χ4v) is 2.50. The van der Waals surface area contributed by atoms with Crippen LogP contribution in [0.3, 0.4) is 0 Å². The van der Waals surface area contributed by atoms with Crippen LogP contribution in [0.25, 0.3) is 0 Å². The van der Waals surface area contributed by atoms with E-state index in [1.807, 2.05) is 36.8 Å². The van der Waals surface area contributed by atoms with Gasteiger partial charge in [-0.1, -0.05) is 30.3 Å². The smallest absolute Gasteiger partial charge is 0.309 e. The molecule has 0 bridgehead atoms. The van der Waals surface area contributed by atoms with Crippen LogP contribution in [-0.4, -0.2) is 23.6 Å². The summed E-state index contributed by atoms with van der Waals surface area (Å²) >= 11 is 0. The van der Waals surface area contributed by atoms with Gasteiger partial charge in [-0.3, -0.25) is 9.59 Å². The molecule has 119 valence electrons. The van der Waals surface area contributed by atoms with Crippen LogP contribution >= 0.6 is 0 Å². The molecule has 1 heterocycles. The molecule has 1 saturated heterocycles. The van der Waals surface area contributed by atoms with E-state index in [2.05, 4.69) is 0 Å². The lowest BCUT2D eigenvalue weighted by atomic mass is 9.91. The summed E-state index contributed by atoms with van der Waals surface area (Å²) in [5.74, 6) is -1.69. The van der Waals surface area contributed by atoms with Gasteiger partial charge in [-0.2, -0.15) is 0 Å². The zero-order valence-corrected chi connectivity index (χ0v) is 12.6. The highest BCUT2D eigenvalue weighted by Gasteiger charge is 2.38. The first-order valence-corrected chi connectivity index (χ1v) is 7.45. The van der Waals surface area contributed by atoms with Crippen LogP contribution in [-0.2, 0) is 20.7 Å². The lowest BCUT2D eigenvalue weighted by Gasteiger charge is -2.16. The number of nitrogens with two attached hydrogens (primary N) is 1. The Morgan fingerprint density at radius 2 is 2.14 bits per heavy atom. The molecule has 1 aromatic rings. The molecule has 1 radical (unpaired) electrons. The molecule has 1 aliphatic rings. The SMILES string of the molecule is CC(F)(CCC1CC([CH]Cc2ccccc2)OC1=O)C(N)=O. The van der Waals surface area contributed by atoms with Crippen molar-refractivity contribution in [1.29, 1.82) is 0 Å². The number of esters is 1. The van der Waals surface area contributed by atoms with Gasteiger partial charge in [-0.15, -0.1) is 0 Å². The van der Waals surface area contributed by atoms with E-state index >= 15 is 0 Å². The van der Waals surface area contributed by atoms with Crippen LogP contribution < -0.4 is 5.73 Å². The molecule has 0 saturated carbocycles. The number of benzene rings is 1. The molecule has 2 N–H and O–H groups in total. The number of rotatable bonds is 7. The monoisotopic (exact) mass is 306 g/mol. The second kappa shape index (κ2) is 6.90. The minimum Gasteiger partial charge on any atom is -0.462 e. The number of cyclic esters (lactones) is 1. The number of primary amides is 1. The average molecular weight is 306 g/mol. The number of carbonyl (C=O) groups is 2. The van der Waals surface area contributed by atoms with E-state index in [1.54, 1.807) is 0 Å². The number of ether oxygens (including phenoxy) is 1. The Balaban J connectivity index is 1.79. The third-order valence-electron chi connectivity index (χ3n) is 4.05. The Morgan fingerprint density at radius 3 is 2.77 bits per heavy atom. The van der Waals surface area contributed by atoms with E-state index in [0.29, 0.717) is 12.8 Å². The lowest BCUT2D eigenvalue weighted by molar-refractivity contribution is -0.144. The summed E-state index contributed by atoms with van der Waals surface area (Å²) < 4.78 is 19.1. The van der Waals surface area contributed by atoms with Gasteiger partial charge in [0, 0.05) is 6.42 Å². The second-order valence-corrected chi connectivity index (χ2v) is 5.93. The van der Waals surface area contributed by atoms with E-state index in [9.17, 15) is 14.0 Å². The van der Waals surface area contributed by atoms with Gasteiger partial charge in [-0.25, -0.2) is 4.39 Å². The van der Waals surface area contributed by atoms with E-state index in [4.69, 9.17) is 10.5 Å². The summed E-state index contributed by atoms with van der Waals surface area (Å²) in [6.07, 6.45) is 3.15. The van der Waals surface area contributed by atoms with Gasteiger partial charge in [0.1, 0.15) is 6.10 Å². The highest BCUT2D eigenvalue weighted by atomic mass is 19.1. The van der Waals surface area contributed by atoms with E-state index in [1.165, 1.54) is 0 Å². The number of hydrogen-bond donors (Lipinski definition) is 1. The van der Waals surface area contributed by atoms with Crippen molar-refractivity contribution < 1.29 is 18.7 Å². The third kappa shape index (κ3) is 4.29. The van der Waals surface area contributed by atoms with Crippen molar-refractivity contribution in [2.75, 3.05) is 0 Å². The molecule has 0 spiro atoms. The number of amides is 1. The van der Waals surface area contributed by atoms with Gasteiger partial charge in [-0.05, 0) is 38.2 Å². The molecule has 2 rings (SSSR count). The first-order chi connectivity index (χ1) is 10.4. The fourth-order valence-electron chi connectivity index (χ4n) is 2.50. The highest BCUT2D eigenvalue weighted by molar-refractivity contribution is 5.83. The molecule has 4 nitrogen and oxygen atoms in total. The summed E-state index contributed by atoms with van der Waals surface area (Å²) in [4.78, 5) is 22.8. The summed E-state index contributed by atoms with van der Waals surface area (Å²) in [7, 11) is 0. The molecule has 22 heavy (non-hydrogen) atoms. The average Bonchev–Trinajstić information content (AvgIpc) is 2.84. The zero-order chi connectivity index (χ0) is 16.2. The summed E-state index contributed by atoms with van der Waals surface area (Å²) in [6.45, 7) is 1.15. The summed E-state index contributed by atoms with van der Waals surface area (Å²) in [5, 5.41) is 0. The van der Waals surface area contributed by atoms with Gasteiger partial charge in [0.25, 0.3) is 5.91 Å². The maximum Gasteiger partial charge on any atom is 0.309 e. The van der Waals surface area contributed by atoms with Gasteiger partial charge < -0.3 is 10.5 Å². The molecular weight excluding hydrogens is 285 g/mol. The minimum absolute atomic E-state index is 0.0620. The van der Waals surface area contributed by atoms with Crippen molar-refractivity contribution in [3.05, 3.63) is 42.3 Å². The van der Waals surface area contributed by atoms with Crippen molar-refractivity contribution in [2.45, 2.75) is 44.4 Å². The molecule has 1 fully saturated rings. The van der Waals surface area contributed by atoms with Crippen LogP contribution in [0.2, 0.25) is 0 Å². The fraction of sp³-hybridized carbons (Fsp3) is 0.471. The van der Waals surface area contributed by atoms with Crippen molar-refractivity contribution in [1.82, 2.24) is 0 Å². The number of alkyl halides is 1. The highest BCUT2D eigenvalue weighted by Crippen LogP contribution is 2.30. The van der Waals surface area contributed by atoms with Gasteiger partial charge in [0.15, 0.2) is 5.67 Å². The standard InChI is InChI=1S/C17H21FNO3/c1-17(18,16(19)21)10-9-13-11-14(22-15(13)20)8-7-12-5-3-2-4-6-12/h2-6,8,13-14H,7,9-11H2,1H3,(H2,19,21). The third-order valence-corrected chi connectivity index (χ3v) is 4.05. The van der Waals surface area contributed by atoms with Crippen molar-refractivity contribution >= 4 is 11.9 Å². The zero-order valence-electron chi connectivity index (χ0n) is 12.6. The largest absolute Gasteiger partial charge is 0.462 e.